The highest BCUT2D eigenvalue weighted by Gasteiger charge is 2.13. The first-order chi connectivity index (χ1) is 8.97. The highest BCUT2D eigenvalue weighted by molar-refractivity contribution is 14.1. The molecule has 0 aliphatic heterocycles. The minimum Gasteiger partial charge on any atom is -0.207 e. The molecule has 100 valence electrons. The Morgan fingerprint density at radius 3 is 2.47 bits per heavy atom. The van der Waals surface area contributed by atoms with Gasteiger partial charge in [0, 0.05) is 3.57 Å². The largest absolute Gasteiger partial charge is 0.207 e. The van der Waals surface area contributed by atoms with Crippen molar-refractivity contribution in [1.29, 1.82) is 0 Å². The third kappa shape index (κ3) is 3.69. The Morgan fingerprint density at radius 2 is 1.84 bits per heavy atom. The molecule has 2 aromatic rings. The van der Waals surface area contributed by atoms with Crippen LogP contribution in [-0.2, 0) is 6.42 Å². The van der Waals surface area contributed by atoms with Gasteiger partial charge in [-0.2, -0.15) is 0 Å². The van der Waals surface area contributed by atoms with Crippen LogP contribution in [0.2, 0.25) is 0 Å². The maximum Gasteiger partial charge on any atom is 0.124 e. The number of alkyl halides is 1. The third-order valence-corrected chi connectivity index (χ3v) is 4.61. The molecule has 2 rings (SSSR count). The van der Waals surface area contributed by atoms with Gasteiger partial charge >= 0.3 is 0 Å². The molecule has 0 radical (unpaired) electrons. The molecule has 0 spiro atoms. The van der Waals surface area contributed by atoms with Gasteiger partial charge in [0.1, 0.15) is 5.82 Å². The lowest BCUT2D eigenvalue weighted by molar-refractivity contribution is 0.625. The highest BCUT2D eigenvalue weighted by atomic mass is 127. The molecule has 0 fully saturated rings. The van der Waals surface area contributed by atoms with E-state index in [1.807, 2.05) is 0 Å². The zero-order chi connectivity index (χ0) is 14.0. The topological polar surface area (TPSA) is 0 Å². The van der Waals surface area contributed by atoms with Gasteiger partial charge in [0.15, 0.2) is 0 Å². The first-order valence-corrected chi connectivity index (χ1v) is 7.64. The summed E-state index contributed by atoms with van der Waals surface area (Å²) < 4.78 is 14.0. The maximum atomic E-state index is 13.1. The molecule has 0 N–H and O–H groups in total. The molecule has 0 saturated heterocycles. The summed E-state index contributed by atoms with van der Waals surface area (Å²) in [5.41, 5.74) is 4.76. The molecule has 0 bridgehead atoms. The van der Waals surface area contributed by atoms with Crippen molar-refractivity contribution in [2.24, 2.45) is 0 Å². The van der Waals surface area contributed by atoms with Crippen molar-refractivity contribution in [3.8, 4) is 0 Å². The lowest BCUT2D eigenvalue weighted by atomic mass is 10.0. The number of hydrogen-bond acceptors (Lipinski definition) is 0. The van der Waals surface area contributed by atoms with Crippen molar-refractivity contribution in [2.75, 3.05) is 0 Å². The first-order valence-electron chi connectivity index (χ1n) is 6.12. The van der Waals surface area contributed by atoms with E-state index in [9.17, 15) is 4.39 Å². The molecule has 0 heterocycles. The Morgan fingerprint density at radius 1 is 1.11 bits per heavy atom. The van der Waals surface area contributed by atoms with Gasteiger partial charge in [-0.25, -0.2) is 4.39 Å². The van der Waals surface area contributed by atoms with Crippen LogP contribution < -0.4 is 0 Å². The standard InChI is InChI=1S/C16H15ClFI/c1-10-3-4-12(7-11(10)2)8-15(17)14-6-5-13(18)9-16(14)19/h3-7,9,15H,8H2,1-2H3. The van der Waals surface area contributed by atoms with Crippen molar-refractivity contribution in [2.45, 2.75) is 25.6 Å². The van der Waals surface area contributed by atoms with E-state index in [2.05, 4.69) is 54.6 Å². The molecule has 19 heavy (non-hydrogen) atoms. The SMILES string of the molecule is Cc1ccc(CC(Cl)c2ccc(F)cc2I)cc1C. The summed E-state index contributed by atoms with van der Waals surface area (Å²) in [6.07, 6.45) is 0.754. The van der Waals surface area contributed by atoms with E-state index in [1.54, 1.807) is 6.07 Å². The van der Waals surface area contributed by atoms with Crippen LogP contribution >= 0.6 is 34.2 Å². The Balaban J connectivity index is 2.20. The number of hydrogen-bond donors (Lipinski definition) is 0. The van der Waals surface area contributed by atoms with Crippen LogP contribution in [-0.4, -0.2) is 0 Å². The second-order valence-electron chi connectivity index (χ2n) is 4.76. The molecule has 1 unspecified atom stereocenters. The Labute approximate surface area is 132 Å². The lowest BCUT2D eigenvalue weighted by Gasteiger charge is -2.13. The van der Waals surface area contributed by atoms with Gasteiger partial charge in [-0.3, -0.25) is 0 Å². The van der Waals surface area contributed by atoms with Crippen LogP contribution in [0, 0.1) is 23.2 Å². The molecule has 0 nitrogen and oxygen atoms in total. The summed E-state index contributed by atoms with van der Waals surface area (Å²) in [6.45, 7) is 4.20. The van der Waals surface area contributed by atoms with Crippen molar-refractivity contribution in [3.05, 3.63) is 68.0 Å². The fraction of sp³-hybridized carbons (Fsp3) is 0.250. The van der Waals surface area contributed by atoms with Crippen LogP contribution in [0.25, 0.3) is 0 Å². The maximum absolute atomic E-state index is 13.1. The molecule has 0 aromatic heterocycles. The van der Waals surface area contributed by atoms with Crippen LogP contribution in [0.15, 0.2) is 36.4 Å². The predicted molar refractivity (Wildman–Crippen MR) is 87.3 cm³/mol. The van der Waals surface area contributed by atoms with Crippen molar-refractivity contribution < 1.29 is 4.39 Å². The molecular formula is C16H15ClFI. The monoisotopic (exact) mass is 388 g/mol. The fourth-order valence-electron chi connectivity index (χ4n) is 2.00. The van der Waals surface area contributed by atoms with E-state index in [0.29, 0.717) is 0 Å². The van der Waals surface area contributed by atoms with E-state index in [0.717, 1.165) is 15.6 Å². The molecule has 0 saturated carbocycles. The third-order valence-electron chi connectivity index (χ3n) is 3.29. The number of rotatable bonds is 3. The highest BCUT2D eigenvalue weighted by Crippen LogP contribution is 2.29. The Hall–Kier alpha value is -0.610. The molecule has 0 aliphatic rings. The average Bonchev–Trinajstić information content (AvgIpc) is 2.33. The quantitative estimate of drug-likeness (QED) is 0.476. The average molecular weight is 389 g/mol. The van der Waals surface area contributed by atoms with E-state index in [1.165, 1.54) is 28.8 Å². The van der Waals surface area contributed by atoms with Crippen LogP contribution in [0.3, 0.4) is 0 Å². The number of halogens is 3. The molecule has 2 aromatic carbocycles. The Kier molecular flexibility index (Phi) is 4.85. The lowest BCUT2D eigenvalue weighted by Crippen LogP contribution is -1.99. The zero-order valence-electron chi connectivity index (χ0n) is 10.9. The second-order valence-corrected chi connectivity index (χ2v) is 6.45. The zero-order valence-corrected chi connectivity index (χ0v) is 13.8. The molecule has 3 heteroatoms. The summed E-state index contributed by atoms with van der Waals surface area (Å²) in [5.74, 6) is -0.219. The number of aryl methyl sites for hydroxylation is 2. The van der Waals surface area contributed by atoms with Gasteiger partial charge in [0.05, 0.1) is 5.38 Å². The van der Waals surface area contributed by atoms with Gasteiger partial charge in [0.2, 0.25) is 0 Å². The van der Waals surface area contributed by atoms with Gasteiger partial charge in [-0.05, 0) is 77.2 Å². The summed E-state index contributed by atoms with van der Waals surface area (Å²) >= 11 is 8.59. The van der Waals surface area contributed by atoms with Gasteiger partial charge < -0.3 is 0 Å². The summed E-state index contributed by atoms with van der Waals surface area (Å²) in [7, 11) is 0. The van der Waals surface area contributed by atoms with Crippen molar-refractivity contribution >= 4 is 34.2 Å². The van der Waals surface area contributed by atoms with Gasteiger partial charge in [-0.15, -0.1) is 11.6 Å². The molecule has 0 amide bonds. The molecule has 0 aliphatic carbocycles. The van der Waals surface area contributed by atoms with Gasteiger partial charge in [-0.1, -0.05) is 24.3 Å². The van der Waals surface area contributed by atoms with Gasteiger partial charge in [0.25, 0.3) is 0 Å². The van der Waals surface area contributed by atoms with Crippen LogP contribution in [0.1, 0.15) is 27.6 Å². The summed E-state index contributed by atoms with van der Waals surface area (Å²) in [6, 6.07) is 11.1. The minimum absolute atomic E-state index is 0.130. The van der Waals surface area contributed by atoms with E-state index < -0.39 is 0 Å². The minimum atomic E-state index is -0.219. The van der Waals surface area contributed by atoms with Crippen molar-refractivity contribution in [3.63, 3.8) is 0 Å². The predicted octanol–water partition coefficient (Wildman–Crippen LogP) is 5.57. The summed E-state index contributed by atoms with van der Waals surface area (Å²) in [4.78, 5) is 0. The number of benzene rings is 2. The molecular weight excluding hydrogens is 374 g/mol. The Bertz CT molecular complexity index is 595. The fourth-order valence-corrected chi connectivity index (χ4v) is 3.41. The van der Waals surface area contributed by atoms with E-state index >= 15 is 0 Å². The molecule has 1 atom stereocenters. The van der Waals surface area contributed by atoms with Crippen molar-refractivity contribution in [1.82, 2.24) is 0 Å². The van der Waals surface area contributed by atoms with E-state index in [4.69, 9.17) is 11.6 Å². The first kappa shape index (κ1) is 14.8. The van der Waals surface area contributed by atoms with Crippen LogP contribution in [0.5, 0.6) is 0 Å². The summed E-state index contributed by atoms with van der Waals surface area (Å²) in [5, 5.41) is -0.130. The van der Waals surface area contributed by atoms with Crippen LogP contribution in [0.4, 0.5) is 4.39 Å². The smallest absolute Gasteiger partial charge is 0.124 e. The normalized spacial score (nSPS) is 12.5. The second kappa shape index (κ2) is 6.23. The van der Waals surface area contributed by atoms with E-state index in [-0.39, 0.29) is 11.2 Å².